The molecule has 0 spiro atoms. The first-order valence-corrected chi connectivity index (χ1v) is 6.36. The smallest absolute Gasteiger partial charge is 0.292 e. The van der Waals surface area contributed by atoms with Gasteiger partial charge in [-0.25, -0.2) is 0 Å². The third-order valence-corrected chi connectivity index (χ3v) is 3.33. The van der Waals surface area contributed by atoms with E-state index in [0.717, 1.165) is 25.2 Å². The van der Waals surface area contributed by atoms with Crippen LogP contribution >= 0.6 is 0 Å². The lowest BCUT2D eigenvalue weighted by atomic mass is 9.99. The summed E-state index contributed by atoms with van der Waals surface area (Å²) >= 11 is 0. The normalized spacial score (nSPS) is 19.5. The van der Waals surface area contributed by atoms with Gasteiger partial charge in [0.2, 0.25) is 0 Å². The summed E-state index contributed by atoms with van der Waals surface area (Å²) in [6.45, 7) is 4.73. The molecule has 1 saturated heterocycles. The lowest BCUT2D eigenvalue weighted by Crippen LogP contribution is -2.33. The van der Waals surface area contributed by atoms with Gasteiger partial charge in [-0.2, -0.15) is 0 Å². The second-order valence-corrected chi connectivity index (χ2v) is 4.87. The number of nitro groups is 1. The maximum Gasteiger partial charge on any atom is 0.292 e. The summed E-state index contributed by atoms with van der Waals surface area (Å²) in [4.78, 5) is 10.7. The number of hydrogen-bond donors (Lipinski definition) is 2. The van der Waals surface area contributed by atoms with Crippen molar-refractivity contribution in [2.75, 3.05) is 25.0 Å². The van der Waals surface area contributed by atoms with E-state index >= 15 is 0 Å². The van der Waals surface area contributed by atoms with Gasteiger partial charge in [0.15, 0.2) is 0 Å². The molecule has 18 heavy (non-hydrogen) atoms. The van der Waals surface area contributed by atoms with E-state index in [1.54, 1.807) is 12.1 Å². The molecule has 0 saturated carbocycles. The van der Waals surface area contributed by atoms with Crippen LogP contribution in [0.5, 0.6) is 0 Å². The third-order valence-electron chi connectivity index (χ3n) is 3.33. The van der Waals surface area contributed by atoms with E-state index in [1.807, 2.05) is 13.0 Å². The van der Waals surface area contributed by atoms with Crippen molar-refractivity contribution in [3.63, 3.8) is 0 Å². The molecule has 1 aromatic carbocycles. The summed E-state index contributed by atoms with van der Waals surface area (Å²) in [6, 6.07) is 5.31. The molecule has 1 heterocycles. The molecule has 0 bridgehead atoms. The van der Waals surface area contributed by atoms with E-state index in [0.29, 0.717) is 11.6 Å². The number of nitro benzene ring substituents is 1. The molecule has 1 atom stereocenters. The highest BCUT2D eigenvalue weighted by Gasteiger charge is 2.16. The summed E-state index contributed by atoms with van der Waals surface area (Å²) < 4.78 is 0. The molecule has 0 amide bonds. The molecule has 5 heteroatoms. The summed E-state index contributed by atoms with van der Waals surface area (Å²) in [5, 5.41) is 17.5. The number of nitrogens with one attached hydrogen (secondary N) is 2. The van der Waals surface area contributed by atoms with Crippen molar-refractivity contribution in [1.82, 2.24) is 5.32 Å². The molecule has 2 rings (SSSR count). The number of hydrogen-bond acceptors (Lipinski definition) is 4. The van der Waals surface area contributed by atoms with Crippen LogP contribution in [0.2, 0.25) is 0 Å². The predicted octanol–water partition coefficient (Wildman–Crippen LogP) is 2.31. The highest BCUT2D eigenvalue weighted by atomic mass is 16.6. The molecule has 1 aliphatic heterocycles. The summed E-state index contributed by atoms with van der Waals surface area (Å²) in [6.07, 6.45) is 2.36. The fraction of sp³-hybridized carbons (Fsp3) is 0.538. The molecule has 98 valence electrons. The summed E-state index contributed by atoms with van der Waals surface area (Å²) in [7, 11) is 0. The number of nitrogens with zero attached hydrogens (tertiary/aromatic N) is 1. The monoisotopic (exact) mass is 249 g/mol. The fourth-order valence-corrected chi connectivity index (χ4v) is 2.29. The zero-order valence-electron chi connectivity index (χ0n) is 10.6. The van der Waals surface area contributed by atoms with E-state index in [4.69, 9.17) is 0 Å². The molecule has 0 aromatic heterocycles. The van der Waals surface area contributed by atoms with Crippen LogP contribution in [0.3, 0.4) is 0 Å². The molecule has 2 N–H and O–H groups in total. The first-order valence-electron chi connectivity index (χ1n) is 6.36. The second kappa shape index (κ2) is 5.82. The van der Waals surface area contributed by atoms with Gasteiger partial charge in [0.1, 0.15) is 5.69 Å². The Morgan fingerprint density at radius 1 is 1.56 bits per heavy atom. The molecule has 1 aromatic rings. The Morgan fingerprint density at radius 2 is 2.39 bits per heavy atom. The van der Waals surface area contributed by atoms with Crippen LogP contribution in [0.1, 0.15) is 18.4 Å². The average Bonchev–Trinajstić information content (AvgIpc) is 2.38. The van der Waals surface area contributed by atoms with Crippen LogP contribution < -0.4 is 10.6 Å². The van der Waals surface area contributed by atoms with Gasteiger partial charge in [-0.15, -0.1) is 0 Å². The van der Waals surface area contributed by atoms with Gasteiger partial charge in [0, 0.05) is 12.6 Å². The van der Waals surface area contributed by atoms with Crippen LogP contribution in [0.4, 0.5) is 11.4 Å². The van der Waals surface area contributed by atoms with E-state index in [1.165, 1.54) is 12.8 Å². The minimum atomic E-state index is -0.325. The Kier molecular flexibility index (Phi) is 4.15. The minimum absolute atomic E-state index is 0.166. The van der Waals surface area contributed by atoms with E-state index < -0.39 is 0 Å². The Balaban J connectivity index is 2.01. The lowest BCUT2D eigenvalue weighted by molar-refractivity contribution is -0.384. The third kappa shape index (κ3) is 3.20. The molecular weight excluding hydrogens is 230 g/mol. The molecule has 5 nitrogen and oxygen atoms in total. The number of piperidine rings is 1. The van der Waals surface area contributed by atoms with E-state index in [2.05, 4.69) is 10.6 Å². The summed E-state index contributed by atoms with van der Waals surface area (Å²) in [5.74, 6) is 0.555. The Bertz CT molecular complexity index is 428. The molecule has 0 radical (unpaired) electrons. The van der Waals surface area contributed by atoms with Crippen LogP contribution in [0, 0.1) is 23.0 Å². The van der Waals surface area contributed by atoms with Gasteiger partial charge in [0.05, 0.1) is 4.92 Å². The molecule has 1 unspecified atom stereocenters. The Labute approximate surface area is 107 Å². The van der Waals surface area contributed by atoms with Crippen molar-refractivity contribution in [1.29, 1.82) is 0 Å². The van der Waals surface area contributed by atoms with Crippen LogP contribution in [-0.2, 0) is 0 Å². The topological polar surface area (TPSA) is 67.2 Å². The molecular formula is C13H19N3O2. The van der Waals surface area contributed by atoms with Crippen molar-refractivity contribution in [2.24, 2.45) is 5.92 Å². The van der Waals surface area contributed by atoms with Crippen LogP contribution in [0.15, 0.2) is 18.2 Å². The van der Waals surface area contributed by atoms with Crippen LogP contribution in [-0.4, -0.2) is 24.6 Å². The van der Waals surface area contributed by atoms with Gasteiger partial charge in [0.25, 0.3) is 5.69 Å². The van der Waals surface area contributed by atoms with Crippen molar-refractivity contribution < 1.29 is 4.92 Å². The molecule has 0 aliphatic carbocycles. The van der Waals surface area contributed by atoms with Crippen LogP contribution in [0.25, 0.3) is 0 Å². The predicted molar refractivity (Wildman–Crippen MR) is 71.9 cm³/mol. The van der Waals surface area contributed by atoms with Crippen molar-refractivity contribution in [2.45, 2.75) is 19.8 Å². The summed E-state index contributed by atoms with van der Waals surface area (Å²) in [5.41, 5.74) is 1.70. The van der Waals surface area contributed by atoms with Gasteiger partial charge in [-0.3, -0.25) is 10.1 Å². The Morgan fingerprint density at radius 3 is 3.06 bits per heavy atom. The Hall–Kier alpha value is -1.62. The van der Waals surface area contributed by atoms with Crippen molar-refractivity contribution >= 4 is 11.4 Å². The second-order valence-electron chi connectivity index (χ2n) is 4.87. The van der Waals surface area contributed by atoms with E-state index in [9.17, 15) is 10.1 Å². The standard InChI is InChI=1S/C13H19N3O2/c1-10-4-5-12(13(7-10)16(17)18)15-9-11-3-2-6-14-8-11/h4-5,7,11,14-15H,2-3,6,8-9H2,1H3. The van der Waals surface area contributed by atoms with Gasteiger partial charge in [-0.1, -0.05) is 6.07 Å². The number of aryl methyl sites for hydroxylation is 1. The van der Waals surface area contributed by atoms with Gasteiger partial charge in [-0.05, 0) is 50.4 Å². The highest BCUT2D eigenvalue weighted by Crippen LogP contribution is 2.25. The first kappa shape index (κ1) is 12.8. The molecule has 1 aliphatic rings. The number of rotatable bonds is 4. The SMILES string of the molecule is Cc1ccc(NCC2CCCNC2)c([N+](=O)[O-])c1. The van der Waals surface area contributed by atoms with Crippen molar-refractivity contribution in [3.8, 4) is 0 Å². The largest absolute Gasteiger partial charge is 0.379 e. The quantitative estimate of drug-likeness (QED) is 0.634. The van der Waals surface area contributed by atoms with E-state index in [-0.39, 0.29) is 10.6 Å². The molecule has 1 fully saturated rings. The zero-order valence-corrected chi connectivity index (χ0v) is 10.6. The minimum Gasteiger partial charge on any atom is -0.379 e. The van der Waals surface area contributed by atoms with Gasteiger partial charge >= 0.3 is 0 Å². The fourth-order valence-electron chi connectivity index (χ4n) is 2.29. The van der Waals surface area contributed by atoms with Crippen molar-refractivity contribution in [3.05, 3.63) is 33.9 Å². The first-order chi connectivity index (χ1) is 8.66. The number of anilines is 1. The highest BCUT2D eigenvalue weighted by molar-refractivity contribution is 5.62. The maximum absolute atomic E-state index is 11.0. The lowest BCUT2D eigenvalue weighted by Gasteiger charge is -2.23. The average molecular weight is 249 g/mol. The van der Waals surface area contributed by atoms with Gasteiger partial charge < -0.3 is 10.6 Å². The maximum atomic E-state index is 11.0. The number of benzene rings is 1. The zero-order chi connectivity index (χ0) is 13.0.